The van der Waals surface area contributed by atoms with E-state index in [1.807, 2.05) is 0 Å². The highest BCUT2D eigenvalue weighted by molar-refractivity contribution is 6.31. The molecule has 0 saturated carbocycles. The minimum atomic E-state index is -0.564. The van der Waals surface area contributed by atoms with Gasteiger partial charge in [-0.05, 0) is 18.2 Å². The van der Waals surface area contributed by atoms with Crippen molar-refractivity contribution in [1.82, 2.24) is 9.97 Å². The van der Waals surface area contributed by atoms with Gasteiger partial charge in [0, 0.05) is 24.0 Å². The quantitative estimate of drug-likeness (QED) is 0.456. The van der Waals surface area contributed by atoms with Crippen molar-refractivity contribution in [2.75, 3.05) is 0 Å². The summed E-state index contributed by atoms with van der Waals surface area (Å²) in [5.74, 6) is 0. The van der Waals surface area contributed by atoms with Gasteiger partial charge in [-0.3, -0.25) is 15.1 Å². The summed E-state index contributed by atoms with van der Waals surface area (Å²) in [7, 11) is 0. The largest absolute Gasteiger partial charge is 0.306 e. The zero-order valence-corrected chi connectivity index (χ0v) is 8.76. The molecule has 0 aromatic carbocycles. The molecule has 80 valence electrons. The van der Waals surface area contributed by atoms with Crippen molar-refractivity contribution in [2.24, 2.45) is 0 Å². The predicted octanol–water partition coefficient (Wildman–Crippen LogP) is 2.71. The van der Waals surface area contributed by atoms with E-state index in [-0.39, 0.29) is 10.8 Å². The van der Waals surface area contributed by atoms with Crippen LogP contribution in [-0.4, -0.2) is 14.9 Å². The second-order valence-corrected chi connectivity index (χ2v) is 3.36. The van der Waals surface area contributed by atoms with Crippen LogP contribution in [0, 0.1) is 10.1 Å². The van der Waals surface area contributed by atoms with Crippen molar-refractivity contribution in [2.45, 2.75) is 0 Å². The molecule has 0 fully saturated rings. The first-order valence-corrected chi connectivity index (χ1v) is 4.77. The third kappa shape index (κ3) is 1.99. The van der Waals surface area contributed by atoms with Crippen LogP contribution in [0.5, 0.6) is 0 Å². The van der Waals surface area contributed by atoms with Crippen LogP contribution < -0.4 is 0 Å². The molecule has 0 aliphatic rings. The van der Waals surface area contributed by atoms with Crippen molar-refractivity contribution in [3.63, 3.8) is 0 Å². The molecular weight excluding hydrogens is 230 g/mol. The van der Waals surface area contributed by atoms with E-state index in [4.69, 9.17) is 11.6 Å². The van der Waals surface area contributed by atoms with E-state index in [2.05, 4.69) is 9.97 Å². The fourth-order valence-electron chi connectivity index (χ4n) is 1.25. The summed E-state index contributed by atoms with van der Waals surface area (Å²) in [5.41, 5.74) is 1.20. The highest BCUT2D eigenvalue weighted by Crippen LogP contribution is 2.25. The Balaban J connectivity index is 2.46. The molecule has 0 unspecified atom stereocenters. The lowest BCUT2D eigenvalue weighted by molar-refractivity contribution is -0.385. The second-order valence-electron chi connectivity index (χ2n) is 3.00. The first kappa shape index (κ1) is 10.5. The van der Waals surface area contributed by atoms with Gasteiger partial charge in [-0.1, -0.05) is 11.6 Å². The Bertz CT molecular complexity index is 531. The molecule has 2 heterocycles. The van der Waals surface area contributed by atoms with E-state index in [1.165, 1.54) is 6.07 Å². The van der Waals surface area contributed by atoms with E-state index in [9.17, 15) is 10.1 Å². The van der Waals surface area contributed by atoms with Crippen LogP contribution in [0.25, 0.3) is 11.3 Å². The van der Waals surface area contributed by atoms with Gasteiger partial charge in [0.1, 0.15) is 0 Å². The number of rotatable bonds is 2. The van der Waals surface area contributed by atoms with Crippen molar-refractivity contribution in [3.05, 3.63) is 51.9 Å². The Morgan fingerprint density at radius 2 is 1.88 bits per heavy atom. The van der Waals surface area contributed by atoms with Crippen LogP contribution in [0.4, 0.5) is 5.69 Å². The average molecular weight is 236 g/mol. The summed E-state index contributed by atoms with van der Waals surface area (Å²) in [6.45, 7) is 0. The van der Waals surface area contributed by atoms with Gasteiger partial charge in [0.15, 0.2) is 0 Å². The highest BCUT2D eigenvalue weighted by Gasteiger charge is 2.14. The minimum absolute atomic E-state index is 0.112. The maximum absolute atomic E-state index is 10.5. The Morgan fingerprint density at radius 3 is 2.44 bits per heavy atom. The van der Waals surface area contributed by atoms with Crippen LogP contribution in [0.2, 0.25) is 5.15 Å². The first-order chi connectivity index (χ1) is 7.68. The van der Waals surface area contributed by atoms with Crippen LogP contribution in [0.3, 0.4) is 0 Å². The number of nitrogens with zero attached hydrogens (tertiary/aromatic N) is 3. The summed E-state index contributed by atoms with van der Waals surface area (Å²) in [4.78, 5) is 17.8. The molecule has 0 bridgehead atoms. The molecule has 2 aromatic rings. The zero-order valence-electron chi connectivity index (χ0n) is 8.00. The Hall–Kier alpha value is -2.01. The van der Waals surface area contributed by atoms with Gasteiger partial charge in [0.25, 0.3) is 0 Å². The predicted molar refractivity (Wildman–Crippen MR) is 59.1 cm³/mol. The molecule has 0 N–H and O–H groups in total. The van der Waals surface area contributed by atoms with Crippen LogP contribution in [-0.2, 0) is 0 Å². The van der Waals surface area contributed by atoms with Gasteiger partial charge in [-0.15, -0.1) is 0 Å². The zero-order chi connectivity index (χ0) is 11.5. The lowest BCUT2D eigenvalue weighted by Gasteiger charge is -2.00. The molecule has 0 amide bonds. The van der Waals surface area contributed by atoms with Crippen molar-refractivity contribution >= 4 is 17.3 Å². The third-order valence-electron chi connectivity index (χ3n) is 2.00. The van der Waals surface area contributed by atoms with Gasteiger partial charge in [0.2, 0.25) is 5.15 Å². The van der Waals surface area contributed by atoms with E-state index >= 15 is 0 Å². The highest BCUT2D eigenvalue weighted by atomic mass is 35.5. The minimum Gasteiger partial charge on any atom is -0.265 e. The number of hydrogen-bond donors (Lipinski definition) is 0. The van der Waals surface area contributed by atoms with E-state index in [1.54, 1.807) is 30.6 Å². The van der Waals surface area contributed by atoms with Gasteiger partial charge in [0.05, 0.1) is 10.6 Å². The van der Waals surface area contributed by atoms with Crippen molar-refractivity contribution < 1.29 is 4.92 Å². The topological polar surface area (TPSA) is 68.9 Å². The van der Waals surface area contributed by atoms with Gasteiger partial charge >= 0.3 is 5.69 Å². The number of aromatic nitrogens is 2. The summed E-state index contributed by atoms with van der Waals surface area (Å²) in [6.07, 6.45) is 3.23. The fraction of sp³-hybridized carbons (Fsp3) is 0. The van der Waals surface area contributed by atoms with E-state index in [0.29, 0.717) is 5.69 Å². The molecule has 0 aliphatic carbocycles. The third-order valence-corrected chi connectivity index (χ3v) is 2.28. The molecule has 16 heavy (non-hydrogen) atoms. The van der Waals surface area contributed by atoms with Gasteiger partial charge in [-0.25, -0.2) is 4.98 Å². The maximum atomic E-state index is 10.5. The Labute approximate surface area is 95.9 Å². The van der Waals surface area contributed by atoms with Gasteiger partial charge in [-0.2, -0.15) is 0 Å². The number of pyridine rings is 2. The first-order valence-electron chi connectivity index (χ1n) is 4.40. The maximum Gasteiger partial charge on any atom is 0.306 e. The molecule has 2 rings (SSSR count). The van der Waals surface area contributed by atoms with Crippen LogP contribution in [0.1, 0.15) is 0 Å². The molecular formula is C10H6ClN3O2. The molecule has 0 saturated heterocycles. The van der Waals surface area contributed by atoms with Crippen molar-refractivity contribution in [3.8, 4) is 11.3 Å². The Kier molecular flexibility index (Phi) is 2.78. The van der Waals surface area contributed by atoms with Crippen molar-refractivity contribution in [1.29, 1.82) is 0 Å². The van der Waals surface area contributed by atoms with Crippen LogP contribution >= 0.6 is 11.6 Å². The summed E-state index contributed by atoms with van der Waals surface area (Å²) in [6, 6.07) is 6.40. The number of hydrogen-bond acceptors (Lipinski definition) is 4. The number of halogens is 1. The smallest absolute Gasteiger partial charge is 0.265 e. The van der Waals surface area contributed by atoms with Crippen LogP contribution in [0.15, 0.2) is 36.7 Å². The molecule has 5 nitrogen and oxygen atoms in total. The van der Waals surface area contributed by atoms with E-state index < -0.39 is 4.92 Å². The molecule has 0 spiro atoms. The summed E-state index contributed by atoms with van der Waals surface area (Å²) >= 11 is 5.71. The average Bonchev–Trinajstić information content (AvgIpc) is 2.29. The van der Waals surface area contributed by atoms with Gasteiger partial charge < -0.3 is 0 Å². The van der Waals surface area contributed by atoms with E-state index in [0.717, 1.165) is 5.56 Å². The Morgan fingerprint density at radius 1 is 1.19 bits per heavy atom. The lowest BCUT2D eigenvalue weighted by atomic mass is 10.2. The lowest BCUT2D eigenvalue weighted by Crippen LogP contribution is -1.92. The number of nitro groups is 1. The standard InChI is InChI=1S/C10H6ClN3O2/c11-10-9(14(15)16)2-1-8(13-10)7-3-5-12-6-4-7/h1-6H. The summed E-state index contributed by atoms with van der Waals surface area (Å²) in [5, 5.41) is 10.4. The molecule has 0 atom stereocenters. The normalized spacial score (nSPS) is 10.1. The SMILES string of the molecule is O=[N+]([O-])c1ccc(-c2ccncc2)nc1Cl. The molecule has 0 radical (unpaired) electrons. The molecule has 0 aliphatic heterocycles. The molecule has 2 aromatic heterocycles. The fourth-order valence-corrected chi connectivity index (χ4v) is 1.47. The summed E-state index contributed by atoms with van der Waals surface area (Å²) < 4.78 is 0. The monoisotopic (exact) mass is 235 g/mol. The molecule has 6 heteroatoms. The second kappa shape index (κ2) is 4.24.